The highest BCUT2D eigenvalue weighted by Gasteiger charge is 2.24. The van der Waals surface area contributed by atoms with Crippen molar-refractivity contribution in [1.29, 1.82) is 0 Å². The molecule has 0 saturated heterocycles. The van der Waals surface area contributed by atoms with E-state index in [2.05, 4.69) is 15.9 Å². The van der Waals surface area contributed by atoms with E-state index in [0.717, 1.165) is 20.5 Å². The summed E-state index contributed by atoms with van der Waals surface area (Å²) in [6.07, 6.45) is 0. The molecule has 114 valence electrons. The van der Waals surface area contributed by atoms with Crippen molar-refractivity contribution in [3.8, 4) is 0 Å². The molecule has 0 bridgehead atoms. The molecule has 4 nitrogen and oxygen atoms in total. The van der Waals surface area contributed by atoms with Gasteiger partial charge in [-0.1, -0.05) is 34.1 Å². The van der Waals surface area contributed by atoms with E-state index in [4.69, 9.17) is 5.73 Å². The van der Waals surface area contributed by atoms with Crippen LogP contribution in [0.25, 0.3) is 0 Å². The molecule has 0 amide bonds. The Bertz CT molecular complexity index is 741. The number of aryl methyl sites for hydroxylation is 1. The van der Waals surface area contributed by atoms with Crippen LogP contribution in [0.4, 0.5) is 0 Å². The molecule has 2 N–H and O–H groups in total. The molecule has 21 heavy (non-hydrogen) atoms. The van der Waals surface area contributed by atoms with Crippen molar-refractivity contribution in [2.24, 2.45) is 5.73 Å². The zero-order valence-electron chi connectivity index (χ0n) is 11.8. The summed E-state index contributed by atoms with van der Waals surface area (Å²) in [5.41, 5.74) is 7.48. The van der Waals surface area contributed by atoms with E-state index in [0.29, 0.717) is 17.3 Å². The number of halogens is 1. The maximum Gasteiger partial charge on any atom is 0.252 e. The predicted octanol–water partition coefficient (Wildman–Crippen LogP) is 3.10. The van der Waals surface area contributed by atoms with Crippen LogP contribution in [0.3, 0.4) is 0 Å². The summed E-state index contributed by atoms with van der Waals surface area (Å²) >= 11 is 4.68. The molecule has 7 heteroatoms. The molecule has 0 fully saturated rings. The standard InChI is InChI=1S/C14H17BrN2O2S2/c1-10-7-14(20-13(10)8-16)21(18,19)17(2)9-11-5-3-4-6-12(11)15/h3-7H,8-9,16H2,1-2H3. The minimum Gasteiger partial charge on any atom is -0.326 e. The number of sulfonamides is 1. The summed E-state index contributed by atoms with van der Waals surface area (Å²) < 4.78 is 27.8. The molecule has 2 rings (SSSR count). The molecule has 1 aromatic heterocycles. The highest BCUT2D eigenvalue weighted by Crippen LogP contribution is 2.29. The lowest BCUT2D eigenvalue weighted by atomic mass is 10.2. The van der Waals surface area contributed by atoms with Crippen LogP contribution in [0, 0.1) is 6.92 Å². The SMILES string of the molecule is Cc1cc(S(=O)(=O)N(C)Cc2ccccc2Br)sc1CN. The Hall–Kier alpha value is -0.730. The van der Waals surface area contributed by atoms with Gasteiger partial charge in [0.1, 0.15) is 4.21 Å². The molecule has 2 aromatic rings. The Balaban J connectivity index is 2.28. The second-order valence-electron chi connectivity index (χ2n) is 4.73. The van der Waals surface area contributed by atoms with E-state index in [1.165, 1.54) is 15.6 Å². The Morgan fingerprint density at radius 3 is 2.57 bits per heavy atom. The number of nitrogens with zero attached hydrogens (tertiary/aromatic N) is 1. The van der Waals surface area contributed by atoms with Crippen LogP contribution in [0.2, 0.25) is 0 Å². The summed E-state index contributed by atoms with van der Waals surface area (Å²) in [5, 5.41) is 0. The van der Waals surface area contributed by atoms with Gasteiger partial charge >= 0.3 is 0 Å². The lowest BCUT2D eigenvalue weighted by molar-refractivity contribution is 0.468. The van der Waals surface area contributed by atoms with E-state index in [-0.39, 0.29) is 0 Å². The first-order valence-corrected chi connectivity index (χ1v) is 9.40. The fourth-order valence-electron chi connectivity index (χ4n) is 1.92. The largest absolute Gasteiger partial charge is 0.326 e. The van der Waals surface area contributed by atoms with Crippen molar-refractivity contribution >= 4 is 37.3 Å². The van der Waals surface area contributed by atoms with E-state index < -0.39 is 10.0 Å². The van der Waals surface area contributed by atoms with Gasteiger partial charge in [-0.2, -0.15) is 4.31 Å². The molecule has 0 atom stereocenters. The second kappa shape index (κ2) is 6.58. The Labute approximate surface area is 137 Å². The van der Waals surface area contributed by atoms with Crippen LogP contribution in [0.1, 0.15) is 16.0 Å². The molecule has 0 radical (unpaired) electrons. The van der Waals surface area contributed by atoms with Gasteiger partial charge in [0.05, 0.1) is 0 Å². The topological polar surface area (TPSA) is 63.4 Å². The Kier molecular flexibility index (Phi) is 5.21. The smallest absolute Gasteiger partial charge is 0.252 e. The first-order chi connectivity index (χ1) is 9.86. The summed E-state index contributed by atoms with van der Waals surface area (Å²) in [5.74, 6) is 0. The second-order valence-corrected chi connectivity index (χ2v) is 8.99. The van der Waals surface area contributed by atoms with Crippen LogP contribution in [-0.2, 0) is 23.1 Å². The number of hydrogen-bond acceptors (Lipinski definition) is 4. The van der Waals surface area contributed by atoms with E-state index in [9.17, 15) is 8.42 Å². The van der Waals surface area contributed by atoms with E-state index in [1.54, 1.807) is 13.1 Å². The molecule has 0 aliphatic carbocycles. The average Bonchev–Trinajstić information content (AvgIpc) is 2.83. The van der Waals surface area contributed by atoms with Crippen LogP contribution >= 0.6 is 27.3 Å². The molecule has 0 aliphatic heterocycles. The molecular formula is C14H17BrN2O2S2. The number of benzene rings is 1. The molecule has 0 aliphatic rings. The van der Waals surface area contributed by atoms with E-state index >= 15 is 0 Å². The van der Waals surface area contributed by atoms with Crippen molar-refractivity contribution in [1.82, 2.24) is 4.31 Å². The minimum atomic E-state index is -3.49. The van der Waals surface area contributed by atoms with Crippen LogP contribution in [0.5, 0.6) is 0 Å². The quantitative estimate of drug-likeness (QED) is 0.855. The third-order valence-electron chi connectivity index (χ3n) is 3.20. The number of rotatable bonds is 5. The van der Waals surface area contributed by atoms with Crippen molar-refractivity contribution in [2.45, 2.75) is 24.2 Å². The summed E-state index contributed by atoms with van der Waals surface area (Å²) in [4.78, 5) is 0.905. The zero-order valence-corrected chi connectivity index (χ0v) is 15.1. The third kappa shape index (κ3) is 3.54. The fraction of sp³-hybridized carbons (Fsp3) is 0.286. The molecule has 1 heterocycles. The summed E-state index contributed by atoms with van der Waals surface area (Å²) in [6.45, 7) is 2.56. The van der Waals surface area contributed by atoms with Gasteiger partial charge in [0.2, 0.25) is 0 Å². The van der Waals surface area contributed by atoms with Crippen molar-refractivity contribution < 1.29 is 8.42 Å². The maximum atomic E-state index is 12.6. The van der Waals surface area contributed by atoms with Crippen LogP contribution in [-0.4, -0.2) is 19.8 Å². The van der Waals surface area contributed by atoms with Gasteiger partial charge in [0.15, 0.2) is 0 Å². The highest BCUT2D eigenvalue weighted by atomic mass is 79.9. The number of nitrogens with two attached hydrogens (primary N) is 1. The minimum absolute atomic E-state index is 0.318. The lowest BCUT2D eigenvalue weighted by Crippen LogP contribution is -2.26. The molecule has 0 saturated carbocycles. The maximum absolute atomic E-state index is 12.6. The number of thiophene rings is 1. The first-order valence-electron chi connectivity index (χ1n) is 6.35. The molecule has 0 spiro atoms. The Morgan fingerprint density at radius 1 is 1.33 bits per heavy atom. The van der Waals surface area contributed by atoms with Crippen molar-refractivity contribution in [3.05, 3.63) is 50.8 Å². The van der Waals surface area contributed by atoms with Gasteiger partial charge in [-0.05, 0) is 30.2 Å². The molecule has 0 unspecified atom stereocenters. The zero-order chi connectivity index (χ0) is 15.6. The normalized spacial score (nSPS) is 12.0. The number of hydrogen-bond donors (Lipinski definition) is 1. The highest BCUT2D eigenvalue weighted by molar-refractivity contribution is 9.10. The van der Waals surface area contributed by atoms with Gasteiger partial charge in [-0.3, -0.25) is 0 Å². The summed E-state index contributed by atoms with van der Waals surface area (Å²) in [6, 6.07) is 9.29. The third-order valence-corrected chi connectivity index (χ3v) is 7.48. The average molecular weight is 389 g/mol. The van der Waals surface area contributed by atoms with Gasteiger partial charge < -0.3 is 5.73 Å². The molecular weight excluding hydrogens is 372 g/mol. The predicted molar refractivity (Wildman–Crippen MR) is 89.7 cm³/mol. The van der Waals surface area contributed by atoms with Crippen molar-refractivity contribution in [3.63, 3.8) is 0 Å². The van der Waals surface area contributed by atoms with Crippen molar-refractivity contribution in [2.75, 3.05) is 7.05 Å². The fourth-order valence-corrected chi connectivity index (χ4v) is 5.16. The lowest BCUT2D eigenvalue weighted by Gasteiger charge is -2.16. The Morgan fingerprint density at radius 2 is 2.00 bits per heavy atom. The van der Waals surface area contributed by atoms with Gasteiger partial charge in [-0.25, -0.2) is 8.42 Å². The van der Waals surface area contributed by atoms with Gasteiger partial charge in [0, 0.05) is 29.5 Å². The molecule has 1 aromatic carbocycles. The van der Waals surface area contributed by atoms with Gasteiger partial charge in [0.25, 0.3) is 10.0 Å². The summed E-state index contributed by atoms with van der Waals surface area (Å²) in [7, 11) is -1.90. The van der Waals surface area contributed by atoms with Crippen LogP contribution in [0.15, 0.2) is 39.0 Å². The van der Waals surface area contributed by atoms with Crippen LogP contribution < -0.4 is 5.73 Å². The first kappa shape index (κ1) is 16.6. The van der Waals surface area contributed by atoms with E-state index in [1.807, 2.05) is 31.2 Å². The van der Waals surface area contributed by atoms with Gasteiger partial charge in [-0.15, -0.1) is 11.3 Å². The monoisotopic (exact) mass is 388 g/mol.